The average molecular weight is 237 g/mol. The van der Waals surface area contributed by atoms with E-state index in [9.17, 15) is 4.79 Å². The highest BCUT2D eigenvalue weighted by Crippen LogP contribution is 2.07. The molecule has 0 saturated carbocycles. The summed E-state index contributed by atoms with van der Waals surface area (Å²) in [5, 5.41) is 8.69. The van der Waals surface area contributed by atoms with Crippen molar-refractivity contribution in [2.75, 3.05) is 24.2 Å². The summed E-state index contributed by atoms with van der Waals surface area (Å²) in [5.74, 6) is 1.21. The molecular formula is C11H19N5O. The van der Waals surface area contributed by atoms with E-state index < -0.39 is 0 Å². The largest absolute Gasteiger partial charge is 0.369 e. The maximum Gasteiger partial charge on any atom is 0.241 e. The molecule has 6 nitrogen and oxygen atoms in total. The number of carbonyl (C=O) groups excluding carboxylic acids is 1. The molecule has 0 saturated heterocycles. The zero-order valence-corrected chi connectivity index (χ0v) is 10.4. The van der Waals surface area contributed by atoms with Gasteiger partial charge in [0.25, 0.3) is 0 Å². The molecule has 0 aliphatic rings. The zero-order chi connectivity index (χ0) is 12.7. The highest BCUT2D eigenvalue weighted by molar-refractivity contribution is 5.83. The van der Waals surface area contributed by atoms with Crippen LogP contribution in [0.5, 0.6) is 0 Å². The molecule has 17 heavy (non-hydrogen) atoms. The van der Waals surface area contributed by atoms with Gasteiger partial charge < -0.3 is 16.0 Å². The fourth-order valence-electron chi connectivity index (χ4n) is 1.28. The van der Waals surface area contributed by atoms with E-state index in [1.165, 1.54) is 0 Å². The Morgan fingerprint density at radius 2 is 2.12 bits per heavy atom. The van der Waals surface area contributed by atoms with Crippen LogP contribution in [0.2, 0.25) is 0 Å². The number of nitrogens with zero attached hydrogens (tertiary/aromatic N) is 2. The summed E-state index contributed by atoms with van der Waals surface area (Å²) < 4.78 is 0. The van der Waals surface area contributed by atoms with Crippen LogP contribution in [0.3, 0.4) is 0 Å². The van der Waals surface area contributed by atoms with Gasteiger partial charge in [0.15, 0.2) is 0 Å². The van der Waals surface area contributed by atoms with Gasteiger partial charge in [-0.15, -0.1) is 0 Å². The van der Waals surface area contributed by atoms with Crippen molar-refractivity contribution in [3.8, 4) is 0 Å². The lowest BCUT2D eigenvalue weighted by Gasteiger charge is -2.13. The molecule has 1 amide bonds. The van der Waals surface area contributed by atoms with Crippen LogP contribution in [0.4, 0.5) is 11.6 Å². The number of hydrogen-bond acceptors (Lipinski definition) is 5. The van der Waals surface area contributed by atoms with E-state index in [-0.39, 0.29) is 11.9 Å². The van der Waals surface area contributed by atoms with Crippen molar-refractivity contribution >= 4 is 17.5 Å². The average Bonchev–Trinajstić information content (AvgIpc) is 2.35. The summed E-state index contributed by atoms with van der Waals surface area (Å²) >= 11 is 0. The topological polar surface area (TPSA) is 78.9 Å². The first-order chi connectivity index (χ1) is 8.17. The van der Waals surface area contributed by atoms with Gasteiger partial charge in [-0.25, -0.2) is 4.98 Å². The predicted molar refractivity (Wildman–Crippen MR) is 68.0 cm³/mol. The normalized spacial score (nSPS) is 11.7. The van der Waals surface area contributed by atoms with Gasteiger partial charge in [0.05, 0.1) is 12.4 Å². The van der Waals surface area contributed by atoms with Crippen molar-refractivity contribution in [1.82, 2.24) is 15.3 Å². The molecule has 94 valence electrons. The summed E-state index contributed by atoms with van der Waals surface area (Å²) in [6.07, 6.45) is 4.27. The molecule has 1 heterocycles. The molecule has 1 aromatic heterocycles. The molecule has 0 bridgehead atoms. The standard InChI is InChI=1S/C11H19N5O/c1-4-5-14-9-6-13-7-10(16-9)15-8(2)11(17)12-3/h6-8H,4-5H2,1-3H3,(H,12,17)(H2,14,15,16). The van der Waals surface area contributed by atoms with Crippen molar-refractivity contribution < 1.29 is 4.79 Å². The van der Waals surface area contributed by atoms with Crippen LogP contribution in [0.25, 0.3) is 0 Å². The highest BCUT2D eigenvalue weighted by Gasteiger charge is 2.11. The zero-order valence-electron chi connectivity index (χ0n) is 10.4. The smallest absolute Gasteiger partial charge is 0.241 e. The molecule has 0 aromatic carbocycles. The summed E-state index contributed by atoms with van der Waals surface area (Å²) in [4.78, 5) is 19.7. The molecule has 0 spiro atoms. The number of carbonyl (C=O) groups is 1. The van der Waals surface area contributed by atoms with Crippen LogP contribution in [0.15, 0.2) is 12.4 Å². The fourth-order valence-corrected chi connectivity index (χ4v) is 1.28. The number of likely N-dealkylation sites (N-methyl/N-ethyl adjacent to an activating group) is 1. The van der Waals surface area contributed by atoms with Crippen LogP contribution in [-0.2, 0) is 4.79 Å². The Bertz CT molecular complexity index is 369. The molecule has 6 heteroatoms. The molecule has 0 fully saturated rings. The molecule has 0 radical (unpaired) electrons. The van der Waals surface area contributed by atoms with E-state index in [0.717, 1.165) is 13.0 Å². The van der Waals surface area contributed by atoms with Gasteiger partial charge in [-0.2, -0.15) is 0 Å². The number of hydrogen-bond donors (Lipinski definition) is 3. The van der Waals surface area contributed by atoms with Crippen LogP contribution in [0.1, 0.15) is 20.3 Å². The van der Waals surface area contributed by atoms with Crippen molar-refractivity contribution in [3.63, 3.8) is 0 Å². The Morgan fingerprint density at radius 1 is 1.41 bits per heavy atom. The van der Waals surface area contributed by atoms with E-state index in [0.29, 0.717) is 11.6 Å². The molecule has 0 aliphatic carbocycles. The van der Waals surface area contributed by atoms with Crippen molar-refractivity contribution in [3.05, 3.63) is 12.4 Å². The molecule has 1 aromatic rings. The van der Waals surface area contributed by atoms with E-state index in [1.54, 1.807) is 26.4 Å². The minimum atomic E-state index is -0.337. The van der Waals surface area contributed by atoms with Gasteiger partial charge >= 0.3 is 0 Å². The minimum absolute atomic E-state index is 0.0845. The molecule has 1 unspecified atom stereocenters. The van der Waals surface area contributed by atoms with Crippen LogP contribution in [-0.4, -0.2) is 35.5 Å². The Kier molecular flexibility index (Phi) is 5.19. The number of rotatable bonds is 6. The number of nitrogens with one attached hydrogen (secondary N) is 3. The highest BCUT2D eigenvalue weighted by atomic mass is 16.2. The molecular weight excluding hydrogens is 218 g/mol. The third kappa shape index (κ3) is 4.26. The predicted octanol–water partition coefficient (Wildman–Crippen LogP) is 0.845. The van der Waals surface area contributed by atoms with Crippen molar-refractivity contribution in [1.29, 1.82) is 0 Å². The van der Waals surface area contributed by atoms with Crippen LogP contribution < -0.4 is 16.0 Å². The maximum atomic E-state index is 11.3. The van der Waals surface area contributed by atoms with E-state index in [2.05, 4.69) is 32.8 Å². The van der Waals surface area contributed by atoms with E-state index in [4.69, 9.17) is 0 Å². The quantitative estimate of drug-likeness (QED) is 0.683. The Hall–Kier alpha value is -1.85. The lowest BCUT2D eigenvalue weighted by atomic mass is 10.3. The number of amides is 1. The summed E-state index contributed by atoms with van der Waals surface area (Å²) in [5.41, 5.74) is 0. The van der Waals surface area contributed by atoms with Gasteiger partial charge in [0.2, 0.25) is 5.91 Å². The third-order valence-corrected chi connectivity index (χ3v) is 2.19. The Balaban J connectivity index is 2.62. The molecule has 3 N–H and O–H groups in total. The van der Waals surface area contributed by atoms with Gasteiger partial charge in [-0.3, -0.25) is 9.78 Å². The molecule has 1 atom stereocenters. The van der Waals surface area contributed by atoms with E-state index in [1.807, 2.05) is 0 Å². The number of anilines is 2. The van der Waals surface area contributed by atoms with Crippen molar-refractivity contribution in [2.45, 2.75) is 26.3 Å². The summed E-state index contributed by atoms with van der Waals surface area (Å²) in [6, 6.07) is -0.337. The third-order valence-electron chi connectivity index (χ3n) is 2.19. The molecule has 1 rings (SSSR count). The molecule has 0 aliphatic heterocycles. The van der Waals surface area contributed by atoms with Crippen LogP contribution >= 0.6 is 0 Å². The lowest BCUT2D eigenvalue weighted by Crippen LogP contribution is -2.35. The number of aromatic nitrogens is 2. The van der Waals surface area contributed by atoms with Crippen LogP contribution in [0, 0.1) is 0 Å². The van der Waals surface area contributed by atoms with E-state index >= 15 is 0 Å². The minimum Gasteiger partial charge on any atom is -0.369 e. The van der Waals surface area contributed by atoms with Crippen molar-refractivity contribution in [2.24, 2.45) is 0 Å². The van der Waals surface area contributed by atoms with Gasteiger partial charge in [0.1, 0.15) is 17.7 Å². The first-order valence-electron chi connectivity index (χ1n) is 5.71. The second kappa shape index (κ2) is 6.67. The van der Waals surface area contributed by atoms with Gasteiger partial charge in [-0.1, -0.05) is 6.92 Å². The SMILES string of the molecule is CCCNc1cncc(NC(C)C(=O)NC)n1. The first-order valence-corrected chi connectivity index (χ1v) is 5.71. The summed E-state index contributed by atoms with van der Waals surface area (Å²) in [7, 11) is 1.60. The first kappa shape index (κ1) is 13.2. The van der Waals surface area contributed by atoms with Gasteiger partial charge in [0, 0.05) is 13.6 Å². The van der Waals surface area contributed by atoms with Gasteiger partial charge in [-0.05, 0) is 13.3 Å². The summed E-state index contributed by atoms with van der Waals surface area (Å²) in [6.45, 7) is 4.70. The lowest BCUT2D eigenvalue weighted by molar-refractivity contribution is -0.121. The second-order valence-electron chi connectivity index (χ2n) is 3.70. The second-order valence-corrected chi connectivity index (χ2v) is 3.70. The Morgan fingerprint density at radius 3 is 2.76 bits per heavy atom. The maximum absolute atomic E-state index is 11.3. The monoisotopic (exact) mass is 237 g/mol. The fraction of sp³-hybridized carbons (Fsp3) is 0.545. The Labute approximate surface area is 101 Å².